The Labute approximate surface area is 169 Å². The molecule has 27 heavy (non-hydrogen) atoms. The number of aryl methyl sites for hydroxylation is 1. The monoisotopic (exact) mass is 447 g/mol. The van der Waals surface area contributed by atoms with Gasteiger partial charge in [-0.1, -0.05) is 27.7 Å². The summed E-state index contributed by atoms with van der Waals surface area (Å²) in [6, 6.07) is 9.27. The number of carbonyl (C=O) groups is 1. The van der Waals surface area contributed by atoms with E-state index in [1.165, 1.54) is 0 Å². The van der Waals surface area contributed by atoms with Crippen molar-refractivity contribution in [3.05, 3.63) is 64.3 Å². The maximum atomic E-state index is 12.6. The number of fused-ring (bicyclic) bond motifs is 1. The molecule has 140 valence electrons. The molecule has 0 bridgehead atoms. The quantitative estimate of drug-likeness (QED) is 0.589. The number of carbonyl (C=O) groups excluding carboxylic acids is 1. The summed E-state index contributed by atoms with van der Waals surface area (Å²) >= 11 is 5.04. The molecule has 4 rings (SSSR count). The number of nitrogens with one attached hydrogen (secondary N) is 1. The molecule has 1 aromatic carbocycles. The molecule has 1 aliphatic heterocycles. The zero-order chi connectivity index (χ0) is 18.8. The van der Waals surface area contributed by atoms with Crippen LogP contribution in [0.25, 0.3) is 0 Å². The standard InChI is InChI=1S/C19H18BrN3O3S/c1-23-8-7-21-19(23)27-11-13-3-5-17(26-13)18(24)22-15-6-9-25-16-4-2-12(20)10-14(15)16/h2-5,7-8,10,15H,6,9,11H2,1H3,(H,22,24). The highest BCUT2D eigenvalue weighted by molar-refractivity contribution is 9.10. The molecule has 0 radical (unpaired) electrons. The molecule has 0 fully saturated rings. The number of furan rings is 1. The number of imidazole rings is 1. The van der Waals surface area contributed by atoms with Crippen LogP contribution in [0.4, 0.5) is 0 Å². The summed E-state index contributed by atoms with van der Waals surface area (Å²) in [5.74, 6) is 2.25. The first-order chi connectivity index (χ1) is 13.1. The number of hydrogen-bond acceptors (Lipinski definition) is 5. The van der Waals surface area contributed by atoms with Crippen molar-refractivity contribution < 1.29 is 13.9 Å². The van der Waals surface area contributed by atoms with Gasteiger partial charge in [0.25, 0.3) is 5.91 Å². The Bertz CT molecular complexity index is 969. The van der Waals surface area contributed by atoms with Gasteiger partial charge in [0.05, 0.1) is 18.4 Å². The fraction of sp³-hybridized carbons (Fsp3) is 0.263. The SMILES string of the molecule is Cn1ccnc1SCc1ccc(C(=O)NC2CCOc3ccc(Br)cc32)o1. The highest BCUT2D eigenvalue weighted by atomic mass is 79.9. The molecular formula is C19H18BrN3O3S. The van der Waals surface area contributed by atoms with Crippen molar-refractivity contribution in [3.8, 4) is 5.75 Å². The number of thioether (sulfide) groups is 1. The maximum Gasteiger partial charge on any atom is 0.287 e. The lowest BCUT2D eigenvalue weighted by Crippen LogP contribution is -2.32. The Morgan fingerprint density at radius 3 is 3.11 bits per heavy atom. The third kappa shape index (κ3) is 4.06. The topological polar surface area (TPSA) is 69.3 Å². The second kappa shape index (κ2) is 7.82. The number of halogens is 1. The molecule has 1 unspecified atom stereocenters. The van der Waals surface area contributed by atoms with Gasteiger partial charge in [-0.05, 0) is 30.3 Å². The van der Waals surface area contributed by atoms with E-state index in [0.717, 1.165) is 33.1 Å². The zero-order valence-electron chi connectivity index (χ0n) is 14.6. The van der Waals surface area contributed by atoms with Gasteiger partial charge >= 0.3 is 0 Å². The smallest absolute Gasteiger partial charge is 0.287 e. The Kier molecular flexibility index (Phi) is 5.27. The highest BCUT2D eigenvalue weighted by Gasteiger charge is 2.25. The molecule has 0 aliphatic carbocycles. The summed E-state index contributed by atoms with van der Waals surface area (Å²) < 4.78 is 14.3. The van der Waals surface area contributed by atoms with E-state index in [1.54, 1.807) is 24.0 Å². The Morgan fingerprint density at radius 1 is 1.41 bits per heavy atom. The van der Waals surface area contributed by atoms with E-state index in [2.05, 4.69) is 26.2 Å². The third-order valence-corrected chi connectivity index (χ3v) is 5.90. The first kappa shape index (κ1) is 18.2. The van der Waals surface area contributed by atoms with Gasteiger partial charge in [-0.25, -0.2) is 4.98 Å². The number of amides is 1. The van der Waals surface area contributed by atoms with Gasteiger partial charge in [0, 0.05) is 35.9 Å². The summed E-state index contributed by atoms with van der Waals surface area (Å²) in [5.41, 5.74) is 0.973. The second-order valence-electron chi connectivity index (χ2n) is 6.22. The van der Waals surface area contributed by atoms with E-state index in [9.17, 15) is 4.79 Å². The lowest BCUT2D eigenvalue weighted by Gasteiger charge is -2.26. The van der Waals surface area contributed by atoms with Crippen LogP contribution >= 0.6 is 27.7 Å². The van der Waals surface area contributed by atoms with Crippen molar-refractivity contribution in [1.82, 2.24) is 14.9 Å². The number of aromatic nitrogens is 2. The van der Waals surface area contributed by atoms with Crippen LogP contribution < -0.4 is 10.1 Å². The third-order valence-electron chi connectivity index (χ3n) is 4.32. The molecule has 1 atom stereocenters. The zero-order valence-corrected chi connectivity index (χ0v) is 17.0. The van der Waals surface area contributed by atoms with Crippen LogP contribution in [0.1, 0.15) is 34.3 Å². The molecule has 8 heteroatoms. The van der Waals surface area contributed by atoms with E-state index in [-0.39, 0.29) is 11.9 Å². The number of ether oxygens (including phenoxy) is 1. The van der Waals surface area contributed by atoms with E-state index in [4.69, 9.17) is 9.15 Å². The van der Waals surface area contributed by atoms with Crippen LogP contribution in [-0.2, 0) is 12.8 Å². The maximum absolute atomic E-state index is 12.6. The van der Waals surface area contributed by atoms with Crippen molar-refractivity contribution in [2.75, 3.05) is 6.61 Å². The number of nitrogens with zero attached hydrogens (tertiary/aromatic N) is 2. The van der Waals surface area contributed by atoms with Gasteiger partial charge in [-0.15, -0.1) is 0 Å². The van der Waals surface area contributed by atoms with Crippen molar-refractivity contribution in [2.45, 2.75) is 23.4 Å². The minimum Gasteiger partial charge on any atom is -0.493 e. The van der Waals surface area contributed by atoms with Gasteiger partial charge in [0.1, 0.15) is 11.5 Å². The van der Waals surface area contributed by atoms with Gasteiger partial charge < -0.3 is 19.0 Å². The molecule has 6 nitrogen and oxygen atoms in total. The summed E-state index contributed by atoms with van der Waals surface area (Å²) in [7, 11) is 1.94. The molecule has 1 aliphatic rings. The van der Waals surface area contributed by atoms with Crippen molar-refractivity contribution in [2.24, 2.45) is 7.05 Å². The van der Waals surface area contributed by atoms with Gasteiger partial charge in [0.15, 0.2) is 10.9 Å². The fourth-order valence-electron chi connectivity index (χ4n) is 2.95. The Balaban J connectivity index is 1.42. The van der Waals surface area contributed by atoms with Gasteiger partial charge in [-0.2, -0.15) is 0 Å². The molecule has 1 amide bonds. The Morgan fingerprint density at radius 2 is 2.30 bits per heavy atom. The molecule has 3 heterocycles. The number of hydrogen-bond donors (Lipinski definition) is 1. The van der Waals surface area contributed by atoms with Crippen LogP contribution in [0.3, 0.4) is 0 Å². The molecule has 0 spiro atoms. The first-order valence-electron chi connectivity index (χ1n) is 8.52. The van der Waals surface area contributed by atoms with E-state index in [1.807, 2.05) is 42.1 Å². The van der Waals surface area contributed by atoms with Crippen molar-refractivity contribution in [3.63, 3.8) is 0 Å². The van der Waals surface area contributed by atoms with E-state index < -0.39 is 0 Å². The molecule has 3 aromatic rings. The van der Waals surface area contributed by atoms with Crippen molar-refractivity contribution in [1.29, 1.82) is 0 Å². The lowest BCUT2D eigenvalue weighted by atomic mass is 10.0. The Hall–Kier alpha value is -2.19. The second-order valence-corrected chi connectivity index (χ2v) is 8.08. The highest BCUT2D eigenvalue weighted by Crippen LogP contribution is 2.34. The van der Waals surface area contributed by atoms with Crippen LogP contribution in [0.2, 0.25) is 0 Å². The summed E-state index contributed by atoms with van der Waals surface area (Å²) in [6.07, 6.45) is 4.37. The summed E-state index contributed by atoms with van der Waals surface area (Å²) in [4.78, 5) is 16.9. The summed E-state index contributed by atoms with van der Waals surface area (Å²) in [5, 5.41) is 3.96. The predicted octanol–water partition coefficient (Wildman–Crippen LogP) is 4.32. The average Bonchev–Trinajstić information content (AvgIpc) is 3.29. The van der Waals surface area contributed by atoms with Crippen LogP contribution in [0.15, 0.2) is 56.8 Å². The molecule has 0 saturated heterocycles. The van der Waals surface area contributed by atoms with E-state index in [0.29, 0.717) is 18.1 Å². The predicted molar refractivity (Wildman–Crippen MR) is 106 cm³/mol. The minimum absolute atomic E-state index is 0.103. The summed E-state index contributed by atoms with van der Waals surface area (Å²) in [6.45, 7) is 0.573. The molecule has 0 saturated carbocycles. The van der Waals surface area contributed by atoms with Crippen LogP contribution in [0.5, 0.6) is 5.75 Å². The van der Waals surface area contributed by atoms with Crippen molar-refractivity contribution >= 4 is 33.6 Å². The largest absolute Gasteiger partial charge is 0.493 e. The van der Waals surface area contributed by atoms with E-state index >= 15 is 0 Å². The molecular weight excluding hydrogens is 430 g/mol. The average molecular weight is 448 g/mol. The van der Waals surface area contributed by atoms with Crippen LogP contribution in [0, 0.1) is 0 Å². The number of rotatable bonds is 5. The molecule has 2 aromatic heterocycles. The number of benzene rings is 1. The van der Waals surface area contributed by atoms with Gasteiger partial charge in [0.2, 0.25) is 0 Å². The first-order valence-corrected chi connectivity index (χ1v) is 10.3. The van der Waals surface area contributed by atoms with Gasteiger partial charge in [-0.3, -0.25) is 4.79 Å². The van der Waals surface area contributed by atoms with Crippen LogP contribution in [-0.4, -0.2) is 22.1 Å². The minimum atomic E-state index is -0.221. The fourth-order valence-corrected chi connectivity index (χ4v) is 4.15. The normalized spacial score (nSPS) is 15.9. The molecule has 1 N–H and O–H groups in total. The lowest BCUT2D eigenvalue weighted by molar-refractivity contribution is 0.0895.